The summed E-state index contributed by atoms with van der Waals surface area (Å²) in [6.07, 6.45) is 1.66. The predicted octanol–water partition coefficient (Wildman–Crippen LogP) is 1.28. The van der Waals surface area contributed by atoms with Gasteiger partial charge in [-0.05, 0) is 6.07 Å². The fourth-order valence-electron chi connectivity index (χ4n) is 1.14. The lowest BCUT2D eigenvalue weighted by Crippen LogP contribution is -2.07. The van der Waals surface area contributed by atoms with E-state index in [4.69, 9.17) is 0 Å². The molecule has 0 radical (unpaired) electrons. The number of hydrogen-bond acceptors (Lipinski definition) is 2. The van der Waals surface area contributed by atoms with Gasteiger partial charge in [-0.3, -0.25) is 9.48 Å². The third-order valence-corrected chi connectivity index (χ3v) is 1.91. The van der Waals surface area contributed by atoms with Crippen LogP contribution in [0.25, 0.3) is 0 Å². The van der Waals surface area contributed by atoms with E-state index in [0.29, 0.717) is 6.29 Å². The largest absolute Gasteiger partial charge is 0.296 e. The van der Waals surface area contributed by atoms with Crippen LogP contribution in [0.2, 0.25) is 0 Å². The lowest BCUT2D eigenvalue weighted by atomic mass is 10.4. The molecule has 1 fully saturated rings. The Morgan fingerprint density at radius 3 is 2.92 bits per heavy atom. The zero-order valence-corrected chi connectivity index (χ0v) is 6.08. The normalized spacial score (nSPS) is 25.3. The van der Waals surface area contributed by atoms with Gasteiger partial charge in [-0.1, -0.05) is 0 Å². The molecule has 1 aliphatic carbocycles. The molecule has 1 saturated carbocycles. The molecule has 64 valence electrons. The van der Waals surface area contributed by atoms with Crippen molar-refractivity contribution >= 4 is 6.29 Å². The van der Waals surface area contributed by atoms with Crippen molar-refractivity contribution in [3.8, 4) is 0 Å². The summed E-state index contributed by atoms with van der Waals surface area (Å²) in [4.78, 5) is 10.3. The van der Waals surface area contributed by atoms with Gasteiger partial charge in [0.15, 0.2) is 6.29 Å². The van der Waals surface area contributed by atoms with E-state index in [2.05, 4.69) is 5.10 Å². The number of nitrogens with zero attached hydrogens (tertiary/aromatic N) is 2. The highest BCUT2D eigenvalue weighted by molar-refractivity contribution is 5.71. The van der Waals surface area contributed by atoms with Crippen molar-refractivity contribution < 1.29 is 13.6 Å². The van der Waals surface area contributed by atoms with Crippen LogP contribution in [0.3, 0.4) is 0 Å². The summed E-state index contributed by atoms with van der Waals surface area (Å²) in [5.74, 6) is -2.68. The average Bonchev–Trinajstić information content (AvgIpc) is 2.51. The summed E-state index contributed by atoms with van der Waals surface area (Å²) in [6.45, 7) is 0. The van der Waals surface area contributed by atoms with Crippen molar-refractivity contribution in [1.82, 2.24) is 9.78 Å². The summed E-state index contributed by atoms with van der Waals surface area (Å²) in [5, 5.41) is 3.65. The molecule has 1 aliphatic rings. The third kappa shape index (κ3) is 0.929. The first kappa shape index (κ1) is 7.39. The van der Waals surface area contributed by atoms with Gasteiger partial charge in [0.25, 0.3) is 5.92 Å². The van der Waals surface area contributed by atoms with Crippen LogP contribution in [0.5, 0.6) is 0 Å². The molecule has 0 N–H and O–H groups in total. The third-order valence-electron chi connectivity index (χ3n) is 1.91. The SMILES string of the molecule is O=Cc1ccnn1[C@H]1CC1(F)F. The second kappa shape index (κ2) is 2.12. The summed E-state index contributed by atoms with van der Waals surface area (Å²) < 4.78 is 26.1. The van der Waals surface area contributed by atoms with E-state index in [0.717, 1.165) is 4.68 Å². The average molecular weight is 172 g/mol. The Morgan fingerprint density at radius 2 is 2.42 bits per heavy atom. The molecule has 0 aromatic carbocycles. The lowest BCUT2D eigenvalue weighted by Gasteiger charge is -1.99. The molecular weight excluding hydrogens is 166 g/mol. The standard InChI is InChI=1S/C7H6F2N2O/c8-7(9)3-6(7)11-5(4-12)1-2-10-11/h1-2,4,6H,3H2/t6-/m0/s1. The number of rotatable bonds is 2. The first-order valence-corrected chi connectivity index (χ1v) is 3.51. The molecule has 0 spiro atoms. The molecule has 0 unspecified atom stereocenters. The monoisotopic (exact) mass is 172 g/mol. The van der Waals surface area contributed by atoms with Crippen molar-refractivity contribution in [2.75, 3.05) is 0 Å². The Hall–Kier alpha value is -1.26. The van der Waals surface area contributed by atoms with Crippen LogP contribution in [-0.2, 0) is 0 Å². The van der Waals surface area contributed by atoms with Crippen LogP contribution in [0, 0.1) is 0 Å². The van der Waals surface area contributed by atoms with Crippen molar-refractivity contribution in [3.05, 3.63) is 18.0 Å². The number of carbonyl (C=O) groups is 1. The quantitative estimate of drug-likeness (QED) is 0.630. The highest BCUT2D eigenvalue weighted by atomic mass is 19.3. The minimum absolute atomic E-state index is 0.206. The van der Waals surface area contributed by atoms with E-state index < -0.39 is 12.0 Å². The summed E-state index contributed by atoms with van der Waals surface area (Å²) in [6, 6.07) is 0.509. The second-order valence-electron chi connectivity index (χ2n) is 2.80. The fraction of sp³-hybridized carbons (Fsp3) is 0.429. The van der Waals surface area contributed by atoms with E-state index >= 15 is 0 Å². The van der Waals surface area contributed by atoms with Crippen molar-refractivity contribution in [2.45, 2.75) is 18.4 Å². The topological polar surface area (TPSA) is 34.9 Å². The molecule has 1 aromatic heterocycles. The highest BCUT2D eigenvalue weighted by Gasteiger charge is 2.59. The van der Waals surface area contributed by atoms with Crippen LogP contribution in [0.15, 0.2) is 12.3 Å². The Morgan fingerprint density at radius 1 is 1.75 bits per heavy atom. The first-order valence-electron chi connectivity index (χ1n) is 3.51. The van der Waals surface area contributed by atoms with Gasteiger partial charge >= 0.3 is 0 Å². The maximum Gasteiger partial charge on any atom is 0.272 e. The van der Waals surface area contributed by atoms with E-state index in [9.17, 15) is 13.6 Å². The zero-order chi connectivity index (χ0) is 8.77. The van der Waals surface area contributed by atoms with Crippen molar-refractivity contribution in [2.24, 2.45) is 0 Å². The van der Waals surface area contributed by atoms with Crippen LogP contribution < -0.4 is 0 Å². The number of alkyl halides is 2. The predicted molar refractivity (Wildman–Crippen MR) is 36.2 cm³/mol. The van der Waals surface area contributed by atoms with Crippen LogP contribution in [-0.4, -0.2) is 22.0 Å². The number of carbonyl (C=O) groups excluding carboxylic acids is 1. The lowest BCUT2D eigenvalue weighted by molar-refractivity contribution is 0.0966. The molecule has 2 rings (SSSR count). The fourth-order valence-corrected chi connectivity index (χ4v) is 1.14. The van der Waals surface area contributed by atoms with Gasteiger partial charge in [-0.2, -0.15) is 5.10 Å². The molecule has 0 bridgehead atoms. The first-order chi connectivity index (χ1) is 5.65. The van der Waals surface area contributed by atoms with E-state index in [1.165, 1.54) is 12.3 Å². The molecule has 0 amide bonds. The van der Waals surface area contributed by atoms with Gasteiger partial charge in [-0.15, -0.1) is 0 Å². The number of aldehydes is 1. The summed E-state index contributed by atoms with van der Waals surface area (Å²) >= 11 is 0. The number of aromatic nitrogens is 2. The second-order valence-corrected chi connectivity index (χ2v) is 2.80. The van der Waals surface area contributed by atoms with Crippen LogP contribution in [0.4, 0.5) is 8.78 Å². The van der Waals surface area contributed by atoms with Crippen molar-refractivity contribution in [1.29, 1.82) is 0 Å². The molecule has 1 heterocycles. The molecule has 1 atom stereocenters. The Kier molecular flexibility index (Phi) is 1.31. The number of hydrogen-bond donors (Lipinski definition) is 0. The molecule has 1 aromatic rings. The van der Waals surface area contributed by atoms with Gasteiger partial charge in [0.1, 0.15) is 11.7 Å². The molecule has 0 saturated heterocycles. The van der Waals surface area contributed by atoms with Gasteiger partial charge in [0.2, 0.25) is 0 Å². The van der Waals surface area contributed by atoms with Crippen LogP contribution in [0.1, 0.15) is 23.0 Å². The molecule has 0 aliphatic heterocycles. The van der Waals surface area contributed by atoms with Gasteiger partial charge in [0.05, 0.1) is 0 Å². The Bertz CT molecular complexity index is 321. The van der Waals surface area contributed by atoms with Gasteiger partial charge < -0.3 is 0 Å². The van der Waals surface area contributed by atoms with Crippen LogP contribution >= 0.6 is 0 Å². The molecule has 12 heavy (non-hydrogen) atoms. The molecule has 5 heteroatoms. The van der Waals surface area contributed by atoms with Gasteiger partial charge in [-0.25, -0.2) is 8.78 Å². The highest BCUT2D eigenvalue weighted by Crippen LogP contribution is 2.52. The Balaban J connectivity index is 2.30. The van der Waals surface area contributed by atoms with E-state index in [1.54, 1.807) is 0 Å². The smallest absolute Gasteiger partial charge is 0.272 e. The van der Waals surface area contributed by atoms with E-state index in [-0.39, 0.29) is 12.1 Å². The maximum absolute atomic E-state index is 12.5. The summed E-state index contributed by atoms with van der Waals surface area (Å²) in [5.41, 5.74) is 0.206. The Labute approximate surface area is 67.0 Å². The van der Waals surface area contributed by atoms with Crippen molar-refractivity contribution in [3.63, 3.8) is 0 Å². The molecular formula is C7H6F2N2O. The molecule has 3 nitrogen and oxygen atoms in total. The minimum atomic E-state index is -2.68. The number of halogens is 2. The van der Waals surface area contributed by atoms with E-state index in [1.807, 2.05) is 0 Å². The maximum atomic E-state index is 12.5. The minimum Gasteiger partial charge on any atom is -0.296 e. The van der Waals surface area contributed by atoms with Gasteiger partial charge in [0, 0.05) is 12.6 Å². The summed E-state index contributed by atoms with van der Waals surface area (Å²) in [7, 11) is 0. The zero-order valence-electron chi connectivity index (χ0n) is 6.08.